The number of para-hydroxylation sites is 1. The van der Waals surface area contributed by atoms with E-state index in [-0.39, 0.29) is 18.4 Å². The predicted octanol–water partition coefficient (Wildman–Crippen LogP) is 1.93. The largest absolute Gasteiger partial charge is 0.346 e. The SMILES string of the molecule is CN1CCCCC(C2CCN(C(=O)Cn3nnc4ccccc43)CC2)C1=O. The van der Waals surface area contributed by atoms with E-state index in [0.717, 1.165) is 62.8 Å². The van der Waals surface area contributed by atoms with Gasteiger partial charge in [-0.25, -0.2) is 4.68 Å². The number of nitrogens with zero attached hydrogens (tertiary/aromatic N) is 5. The van der Waals surface area contributed by atoms with E-state index in [2.05, 4.69) is 10.3 Å². The molecule has 7 heteroatoms. The molecule has 2 aromatic rings. The lowest BCUT2D eigenvalue weighted by Gasteiger charge is -2.36. The second kappa shape index (κ2) is 7.66. The lowest BCUT2D eigenvalue weighted by molar-refractivity contribution is -0.137. The number of carbonyl (C=O) groups is 2. The summed E-state index contributed by atoms with van der Waals surface area (Å²) in [4.78, 5) is 29.2. The van der Waals surface area contributed by atoms with Crippen molar-refractivity contribution < 1.29 is 9.59 Å². The molecule has 2 saturated heterocycles. The Labute approximate surface area is 159 Å². The summed E-state index contributed by atoms with van der Waals surface area (Å²) in [7, 11) is 1.92. The van der Waals surface area contributed by atoms with Crippen LogP contribution in [-0.4, -0.2) is 63.3 Å². The highest BCUT2D eigenvalue weighted by molar-refractivity contribution is 5.80. The molecule has 0 aliphatic carbocycles. The highest BCUT2D eigenvalue weighted by Crippen LogP contribution is 2.32. The zero-order valence-corrected chi connectivity index (χ0v) is 15.9. The van der Waals surface area contributed by atoms with Crippen LogP contribution in [0.25, 0.3) is 11.0 Å². The minimum Gasteiger partial charge on any atom is -0.346 e. The van der Waals surface area contributed by atoms with E-state index < -0.39 is 0 Å². The number of piperidine rings is 1. The van der Waals surface area contributed by atoms with Crippen molar-refractivity contribution in [2.75, 3.05) is 26.7 Å². The van der Waals surface area contributed by atoms with Crippen molar-refractivity contribution in [1.29, 1.82) is 0 Å². The van der Waals surface area contributed by atoms with Gasteiger partial charge >= 0.3 is 0 Å². The summed E-state index contributed by atoms with van der Waals surface area (Å²) in [5.74, 6) is 0.906. The molecule has 4 rings (SSSR count). The molecular weight excluding hydrogens is 342 g/mol. The molecule has 2 aliphatic rings. The molecular formula is C20H27N5O2. The fourth-order valence-corrected chi connectivity index (χ4v) is 4.48. The number of hydrogen-bond donors (Lipinski definition) is 0. The summed E-state index contributed by atoms with van der Waals surface area (Å²) in [6, 6.07) is 7.68. The first kappa shape index (κ1) is 17.9. The fourth-order valence-electron chi connectivity index (χ4n) is 4.48. The van der Waals surface area contributed by atoms with Crippen molar-refractivity contribution in [1.82, 2.24) is 24.8 Å². The normalized spacial score (nSPS) is 22.3. The number of carbonyl (C=O) groups excluding carboxylic acids is 2. The van der Waals surface area contributed by atoms with Crippen LogP contribution in [0.3, 0.4) is 0 Å². The van der Waals surface area contributed by atoms with Gasteiger partial charge in [-0.15, -0.1) is 5.10 Å². The Morgan fingerprint density at radius 1 is 1.11 bits per heavy atom. The molecule has 2 amide bonds. The second-order valence-corrected chi connectivity index (χ2v) is 7.82. The predicted molar refractivity (Wildman–Crippen MR) is 102 cm³/mol. The highest BCUT2D eigenvalue weighted by atomic mass is 16.2. The minimum absolute atomic E-state index is 0.0772. The Bertz CT molecular complexity index is 825. The lowest BCUT2D eigenvalue weighted by atomic mass is 9.81. The van der Waals surface area contributed by atoms with Crippen LogP contribution in [-0.2, 0) is 16.1 Å². The van der Waals surface area contributed by atoms with Gasteiger partial charge in [-0.2, -0.15) is 0 Å². The molecule has 2 aliphatic heterocycles. The van der Waals surface area contributed by atoms with Gasteiger partial charge in [-0.1, -0.05) is 23.8 Å². The number of rotatable bonds is 3. The van der Waals surface area contributed by atoms with Crippen molar-refractivity contribution >= 4 is 22.8 Å². The zero-order valence-electron chi connectivity index (χ0n) is 15.9. The Morgan fingerprint density at radius 3 is 2.70 bits per heavy atom. The summed E-state index contributed by atoms with van der Waals surface area (Å²) in [5, 5.41) is 8.23. The number of likely N-dealkylation sites (tertiary alicyclic amines) is 2. The monoisotopic (exact) mass is 369 g/mol. The number of amides is 2. The number of aromatic nitrogens is 3. The Hall–Kier alpha value is -2.44. The van der Waals surface area contributed by atoms with E-state index in [4.69, 9.17) is 0 Å². The van der Waals surface area contributed by atoms with Crippen LogP contribution in [0.15, 0.2) is 24.3 Å². The first-order valence-electron chi connectivity index (χ1n) is 9.94. The first-order valence-corrected chi connectivity index (χ1v) is 9.94. The van der Waals surface area contributed by atoms with Crippen LogP contribution in [0.5, 0.6) is 0 Å². The average molecular weight is 369 g/mol. The highest BCUT2D eigenvalue weighted by Gasteiger charge is 2.34. The Kier molecular flexibility index (Phi) is 5.09. The van der Waals surface area contributed by atoms with Gasteiger partial charge in [0.25, 0.3) is 0 Å². The Balaban J connectivity index is 1.36. The second-order valence-electron chi connectivity index (χ2n) is 7.82. The lowest BCUT2D eigenvalue weighted by Crippen LogP contribution is -2.44. The number of hydrogen-bond acceptors (Lipinski definition) is 4. The maximum absolute atomic E-state index is 12.7. The van der Waals surface area contributed by atoms with Crippen LogP contribution in [0.1, 0.15) is 32.1 Å². The third-order valence-electron chi connectivity index (χ3n) is 6.12. The van der Waals surface area contributed by atoms with Crippen LogP contribution < -0.4 is 0 Å². The van der Waals surface area contributed by atoms with Gasteiger partial charge in [0.15, 0.2) is 0 Å². The van der Waals surface area contributed by atoms with Crippen molar-refractivity contribution in [3.8, 4) is 0 Å². The van der Waals surface area contributed by atoms with Gasteiger partial charge in [-0.3, -0.25) is 9.59 Å². The van der Waals surface area contributed by atoms with Gasteiger partial charge in [0, 0.05) is 32.6 Å². The van der Waals surface area contributed by atoms with E-state index in [1.807, 2.05) is 41.1 Å². The van der Waals surface area contributed by atoms with Crippen molar-refractivity contribution in [2.24, 2.45) is 11.8 Å². The molecule has 7 nitrogen and oxygen atoms in total. The third-order valence-corrected chi connectivity index (χ3v) is 6.12. The van der Waals surface area contributed by atoms with E-state index in [0.29, 0.717) is 11.8 Å². The van der Waals surface area contributed by atoms with Crippen LogP contribution >= 0.6 is 0 Å². The molecule has 0 bridgehead atoms. The van der Waals surface area contributed by atoms with Gasteiger partial charge < -0.3 is 9.80 Å². The Morgan fingerprint density at radius 2 is 1.89 bits per heavy atom. The molecule has 27 heavy (non-hydrogen) atoms. The first-order chi connectivity index (χ1) is 13.1. The topological polar surface area (TPSA) is 71.3 Å². The van der Waals surface area contributed by atoms with Crippen LogP contribution in [0.2, 0.25) is 0 Å². The smallest absolute Gasteiger partial charge is 0.244 e. The van der Waals surface area contributed by atoms with Crippen molar-refractivity contribution in [2.45, 2.75) is 38.6 Å². The summed E-state index contributed by atoms with van der Waals surface area (Å²) in [6.07, 6.45) is 5.04. The van der Waals surface area contributed by atoms with E-state index in [1.165, 1.54) is 0 Å². The molecule has 2 fully saturated rings. The molecule has 1 atom stereocenters. The molecule has 3 heterocycles. The maximum atomic E-state index is 12.7. The van der Waals surface area contributed by atoms with Gasteiger partial charge in [0.05, 0.1) is 5.52 Å². The van der Waals surface area contributed by atoms with E-state index in [1.54, 1.807) is 4.68 Å². The molecule has 1 aromatic carbocycles. The quantitative estimate of drug-likeness (QED) is 0.829. The van der Waals surface area contributed by atoms with Crippen molar-refractivity contribution in [3.63, 3.8) is 0 Å². The molecule has 0 spiro atoms. The summed E-state index contributed by atoms with van der Waals surface area (Å²) in [5.41, 5.74) is 1.69. The van der Waals surface area contributed by atoms with E-state index in [9.17, 15) is 9.59 Å². The molecule has 0 N–H and O–H groups in total. The van der Waals surface area contributed by atoms with Gasteiger partial charge in [0.1, 0.15) is 12.1 Å². The molecule has 1 aromatic heterocycles. The van der Waals surface area contributed by atoms with Crippen molar-refractivity contribution in [3.05, 3.63) is 24.3 Å². The average Bonchev–Trinajstić information content (AvgIpc) is 3.02. The van der Waals surface area contributed by atoms with E-state index >= 15 is 0 Å². The molecule has 0 saturated carbocycles. The van der Waals surface area contributed by atoms with Gasteiger partial charge in [-0.05, 0) is 43.7 Å². The third kappa shape index (κ3) is 3.68. The standard InChI is InChI=1S/C20H27N5O2/c1-23-11-5-4-6-16(20(23)27)15-9-12-24(13-10-15)19(26)14-25-18-8-3-2-7-17(18)21-22-25/h2-3,7-8,15-16H,4-6,9-14H2,1H3. The summed E-state index contributed by atoms with van der Waals surface area (Å²) in [6.45, 7) is 2.54. The molecule has 1 unspecified atom stereocenters. The zero-order chi connectivity index (χ0) is 18.8. The number of fused-ring (bicyclic) bond motifs is 1. The van der Waals surface area contributed by atoms with Gasteiger partial charge in [0.2, 0.25) is 11.8 Å². The molecule has 144 valence electrons. The molecule has 0 radical (unpaired) electrons. The maximum Gasteiger partial charge on any atom is 0.244 e. The summed E-state index contributed by atoms with van der Waals surface area (Å²) < 4.78 is 1.67. The fraction of sp³-hybridized carbons (Fsp3) is 0.600. The summed E-state index contributed by atoms with van der Waals surface area (Å²) >= 11 is 0. The minimum atomic E-state index is 0.0772. The van der Waals surface area contributed by atoms with Crippen LogP contribution in [0, 0.1) is 11.8 Å². The number of benzene rings is 1. The van der Waals surface area contributed by atoms with Crippen LogP contribution in [0.4, 0.5) is 0 Å².